The maximum absolute atomic E-state index is 13.9. The summed E-state index contributed by atoms with van der Waals surface area (Å²) in [5.41, 5.74) is 1.05. The second kappa shape index (κ2) is 6.33. The minimum Gasteiger partial charge on any atom is -0.496 e. The predicted octanol–water partition coefficient (Wildman–Crippen LogP) is 2.99. The van der Waals surface area contributed by atoms with Gasteiger partial charge in [-0.2, -0.15) is 0 Å². The van der Waals surface area contributed by atoms with Crippen molar-refractivity contribution in [3.63, 3.8) is 0 Å². The van der Waals surface area contributed by atoms with Crippen molar-refractivity contribution < 1.29 is 13.7 Å². The lowest BCUT2D eigenvalue weighted by molar-refractivity contribution is 0.398. The van der Waals surface area contributed by atoms with E-state index in [1.807, 2.05) is 0 Å². The first-order valence-corrected chi connectivity index (χ1v) is 6.25. The number of nitrogens with one attached hydrogen (secondary N) is 1. The largest absolute Gasteiger partial charge is 0.496 e. The van der Waals surface area contributed by atoms with Gasteiger partial charge in [-0.05, 0) is 25.1 Å². The quantitative estimate of drug-likeness (QED) is 0.815. The Bertz CT molecular complexity index is 540. The molecule has 0 radical (unpaired) electrons. The number of ether oxygens (including phenoxy) is 1. The topological polar surface area (TPSA) is 47.3 Å². The summed E-state index contributed by atoms with van der Waals surface area (Å²) in [5, 5.41) is 7.13. The number of nitrogens with zero attached hydrogens (tertiary/aromatic N) is 1. The van der Waals surface area contributed by atoms with Gasteiger partial charge < -0.3 is 14.6 Å². The monoisotopic (exact) mass is 264 g/mol. The second-order valence-electron chi connectivity index (χ2n) is 4.18. The van der Waals surface area contributed by atoms with Crippen LogP contribution < -0.4 is 10.1 Å². The Hall–Kier alpha value is -1.88. The molecule has 0 amide bonds. The van der Waals surface area contributed by atoms with Crippen LogP contribution in [0, 0.1) is 5.82 Å². The summed E-state index contributed by atoms with van der Waals surface area (Å²) in [6.45, 7) is 3.60. The molecule has 0 saturated heterocycles. The summed E-state index contributed by atoms with van der Waals surface area (Å²) >= 11 is 0. The van der Waals surface area contributed by atoms with Gasteiger partial charge >= 0.3 is 0 Å². The van der Waals surface area contributed by atoms with Crippen LogP contribution in [-0.4, -0.2) is 18.8 Å². The van der Waals surface area contributed by atoms with E-state index >= 15 is 0 Å². The number of hydrogen-bond acceptors (Lipinski definition) is 4. The Balaban J connectivity index is 2.23. The lowest BCUT2D eigenvalue weighted by Crippen LogP contribution is -2.13. The first kappa shape index (κ1) is 13.5. The van der Waals surface area contributed by atoms with E-state index in [0.717, 1.165) is 18.7 Å². The maximum atomic E-state index is 13.9. The maximum Gasteiger partial charge on any atom is 0.173 e. The Labute approximate surface area is 111 Å². The molecular weight excluding hydrogens is 247 g/mol. The molecule has 19 heavy (non-hydrogen) atoms. The van der Waals surface area contributed by atoms with Crippen LogP contribution in [0.3, 0.4) is 0 Å². The van der Waals surface area contributed by atoms with Crippen molar-refractivity contribution in [2.24, 2.45) is 0 Å². The lowest BCUT2D eigenvalue weighted by Gasteiger charge is -2.05. The van der Waals surface area contributed by atoms with E-state index in [9.17, 15) is 4.39 Å². The molecule has 2 aromatic rings. The molecule has 0 aliphatic carbocycles. The van der Waals surface area contributed by atoms with Crippen LogP contribution in [0.2, 0.25) is 0 Å². The fourth-order valence-electron chi connectivity index (χ4n) is 1.82. The highest BCUT2D eigenvalue weighted by molar-refractivity contribution is 5.66. The number of hydrogen-bond donors (Lipinski definition) is 1. The van der Waals surface area contributed by atoms with Crippen molar-refractivity contribution >= 4 is 0 Å². The van der Waals surface area contributed by atoms with E-state index < -0.39 is 0 Å². The van der Waals surface area contributed by atoms with Gasteiger partial charge in [0.15, 0.2) is 5.76 Å². The molecule has 0 bridgehead atoms. The second-order valence-corrected chi connectivity index (χ2v) is 4.18. The third-order valence-corrected chi connectivity index (χ3v) is 2.73. The SMILES string of the molecule is CCCNCc1cc(-c2c(F)cccc2OC)on1. The Morgan fingerprint density at radius 1 is 1.42 bits per heavy atom. The molecule has 0 aliphatic heterocycles. The number of benzene rings is 1. The molecule has 0 unspecified atom stereocenters. The van der Waals surface area contributed by atoms with Gasteiger partial charge in [-0.1, -0.05) is 18.1 Å². The van der Waals surface area contributed by atoms with Crippen LogP contribution in [0.25, 0.3) is 11.3 Å². The van der Waals surface area contributed by atoms with Crippen molar-refractivity contribution in [3.8, 4) is 17.1 Å². The zero-order valence-corrected chi connectivity index (χ0v) is 11.1. The molecule has 1 aromatic carbocycles. The smallest absolute Gasteiger partial charge is 0.173 e. The Morgan fingerprint density at radius 2 is 2.26 bits per heavy atom. The predicted molar refractivity (Wildman–Crippen MR) is 70.4 cm³/mol. The van der Waals surface area contributed by atoms with E-state index in [1.54, 1.807) is 18.2 Å². The van der Waals surface area contributed by atoms with Gasteiger partial charge in [0.2, 0.25) is 0 Å². The van der Waals surface area contributed by atoms with Crippen LogP contribution >= 0.6 is 0 Å². The molecule has 102 valence electrons. The molecule has 1 heterocycles. The minimum atomic E-state index is -0.386. The number of rotatable bonds is 6. The average Bonchev–Trinajstić information content (AvgIpc) is 2.87. The molecule has 0 fully saturated rings. The standard InChI is InChI=1S/C14H17FN2O2/c1-3-7-16-9-10-8-13(19-17-10)14-11(15)5-4-6-12(14)18-2/h4-6,8,16H,3,7,9H2,1-2H3. The molecule has 4 nitrogen and oxygen atoms in total. The third-order valence-electron chi connectivity index (χ3n) is 2.73. The molecule has 1 N–H and O–H groups in total. The van der Waals surface area contributed by atoms with E-state index in [1.165, 1.54) is 13.2 Å². The molecule has 0 saturated carbocycles. The molecule has 0 atom stereocenters. The van der Waals surface area contributed by atoms with Crippen molar-refractivity contribution in [1.29, 1.82) is 0 Å². The van der Waals surface area contributed by atoms with Crippen LogP contribution in [0.1, 0.15) is 19.0 Å². The van der Waals surface area contributed by atoms with E-state index in [0.29, 0.717) is 23.6 Å². The molecule has 2 rings (SSSR count). The number of aromatic nitrogens is 1. The summed E-state index contributed by atoms with van der Waals surface area (Å²) in [7, 11) is 1.50. The summed E-state index contributed by atoms with van der Waals surface area (Å²) in [4.78, 5) is 0. The van der Waals surface area contributed by atoms with Gasteiger partial charge in [-0.15, -0.1) is 0 Å². The van der Waals surface area contributed by atoms with Crippen molar-refractivity contribution in [2.45, 2.75) is 19.9 Å². The Kier molecular flexibility index (Phi) is 4.52. The fourth-order valence-corrected chi connectivity index (χ4v) is 1.82. The van der Waals surface area contributed by atoms with Gasteiger partial charge in [-0.3, -0.25) is 0 Å². The normalized spacial score (nSPS) is 10.7. The van der Waals surface area contributed by atoms with Crippen molar-refractivity contribution in [1.82, 2.24) is 10.5 Å². The minimum absolute atomic E-state index is 0.305. The molecular formula is C14H17FN2O2. The van der Waals surface area contributed by atoms with Crippen molar-refractivity contribution in [3.05, 3.63) is 35.8 Å². The molecule has 5 heteroatoms. The summed E-state index contributed by atoms with van der Waals surface area (Å²) in [6.07, 6.45) is 1.05. The first-order chi connectivity index (χ1) is 9.26. The molecule has 0 spiro atoms. The van der Waals surface area contributed by atoms with Crippen LogP contribution in [0.15, 0.2) is 28.8 Å². The van der Waals surface area contributed by atoms with E-state index in [4.69, 9.17) is 9.26 Å². The zero-order valence-electron chi connectivity index (χ0n) is 11.1. The van der Waals surface area contributed by atoms with E-state index in [-0.39, 0.29) is 5.82 Å². The average molecular weight is 264 g/mol. The van der Waals surface area contributed by atoms with Crippen LogP contribution in [-0.2, 0) is 6.54 Å². The summed E-state index contributed by atoms with van der Waals surface area (Å²) < 4.78 is 24.2. The Morgan fingerprint density at radius 3 is 3.00 bits per heavy atom. The number of halogens is 1. The lowest BCUT2D eigenvalue weighted by atomic mass is 10.1. The highest BCUT2D eigenvalue weighted by Gasteiger charge is 2.16. The van der Waals surface area contributed by atoms with Gasteiger partial charge in [0, 0.05) is 12.6 Å². The summed E-state index contributed by atoms with van der Waals surface area (Å²) in [6, 6.07) is 6.38. The van der Waals surface area contributed by atoms with Crippen molar-refractivity contribution in [2.75, 3.05) is 13.7 Å². The van der Waals surface area contributed by atoms with Gasteiger partial charge in [0.05, 0.1) is 18.4 Å². The van der Waals surface area contributed by atoms with Crippen LogP contribution in [0.4, 0.5) is 4.39 Å². The third kappa shape index (κ3) is 3.12. The van der Waals surface area contributed by atoms with Gasteiger partial charge in [0.25, 0.3) is 0 Å². The molecule has 1 aromatic heterocycles. The summed E-state index contributed by atoms with van der Waals surface area (Å²) in [5.74, 6) is 0.427. The number of methoxy groups -OCH3 is 1. The highest BCUT2D eigenvalue weighted by Crippen LogP contribution is 2.32. The first-order valence-electron chi connectivity index (χ1n) is 6.25. The van der Waals surface area contributed by atoms with E-state index in [2.05, 4.69) is 17.4 Å². The van der Waals surface area contributed by atoms with Gasteiger partial charge in [0.1, 0.15) is 11.6 Å². The zero-order chi connectivity index (χ0) is 13.7. The molecule has 0 aliphatic rings. The van der Waals surface area contributed by atoms with Crippen LogP contribution in [0.5, 0.6) is 5.75 Å². The van der Waals surface area contributed by atoms with Gasteiger partial charge in [-0.25, -0.2) is 4.39 Å². The highest BCUT2D eigenvalue weighted by atomic mass is 19.1. The fraction of sp³-hybridized carbons (Fsp3) is 0.357.